The second kappa shape index (κ2) is 6.78. The minimum atomic E-state index is -0.00853. The molecule has 0 radical (unpaired) electrons. The molecule has 1 aliphatic heterocycles. The van der Waals surface area contributed by atoms with E-state index in [0.29, 0.717) is 29.0 Å². The van der Waals surface area contributed by atoms with Crippen LogP contribution in [0, 0.1) is 5.41 Å². The van der Waals surface area contributed by atoms with Gasteiger partial charge in [-0.2, -0.15) is 0 Å². The average molecular weight is 283 g/mol. The number of hydrogen-bond acceptors (Lipinski definition) is 3. The Labute approximate surface area is 118 Å². The maximum Gasteiger partial charge on any atom is 0.131 e. The van der Waals surface area contributed by atoms with Gasteiger partial charge in [-0.05, 0) is 43.9 Å². The molecular weight excluding hydrogens is 264 g/mol. The molecule has 0 spiro atoms. The van der Waals surface area contributed by atoms with Crippen molar-refractivity contribution in [2.24, 2.45) is 5.73 Å². The van der Waals surface area contributed by atoms with Crippen LogP contribution < -0.4 is 10.5 Å². The van der Waals surface area contributed by atoms with Gasteiger partial charge in [0.25, 0.3) is 0 Å². The van der Waals surface area contributed by atoms with Gasteiger partial charge in [0.15, 0.2) is 0 Å². The van der Waals surface area contributed by atoms with Gasteiger partial charge >= 0.3 is 0 Å². The summed E-state index contributed by atoms with van der Waals surface area (Å²) in [4.78, 5) is 0. The molecule has 1 saturated heterocycles. The number of nitrogens with one attached hydrogen (secondary N) is 1. The van der Waals surface area contributed by atoms with Gasteiger partial charge in [0.2, 0.25) is 0 Å². The average Bonchev–Trinajstić information content (AvgIpc) is 2.87. The highest BCUT2D eigenvalue weighted by molar-refractivity contribution is 6.30. The van der Waals surface area contributed by atoms with Crippen molar-refractivity contribution in [1.29, 1.82) is 5.41 Å². The predicted octanol–water partition coefficient (Wildman–Crippen LogP) is 2.96. The van der Waals surface area contributed by atoms with E-state index in [4.69, 9.17) is 32.2 Å². The highest BCUT2D eigenvalue weighted by Gasteiger charge is 2.15. The zero-order valence-electron chi connectivity index (χ0n) is 10.8. The van der Waals surface area contributed by atoms with Crippen LogP contribution in [-0.4, -0.2) is 25.2 Å². The first-order valence-corrected chi connectivity index (χ1v) is 6.93. The van der Waals surface area contributed by atoms with Crippen molar-refractivity contribution in [2.75, 3.05) is 13.2 Å². The van der Waals surface area contributed by atoms with E-state index in [-0.39, 0.29) is 5.84 Å². The van der Waals surface area contributed by atoms with Crippen molar-refractivity contribution in [1.82, 2.24) is 0 Å². The van der Waals surface area contributed by atoms with E-state index in [1.165, 1.54) is 0 Å². The third kappa shape index (κ3) is 4.11. The fraction of sp³-hybridized carbons (Fsp3) is 0.500. The molecule has 0 saturated carbocycles. The van der Waals surface area contributed by atoms with Crippen LogP contribution in [0.15, 0.2) is 18.2 Å². The molecule has 1 aliphatic rings. The summed E-state index contributed by atoms with van der Waals surface area (Å²) in [6.45, 7) is 1.47. The molecule has 2 rings (SSSR count). The number of hydrogen-bond donors (Lipinski definition) is 2. The van der Waals surface area contributed by atoms with Gasteiger partial charge in [0.05, 0.1) is 18.3 Å². The van der Waals surface area contributed by atoms with E-state index in [0.717, 1.165) is 32.3 Å². The molecule has 5 heteroatoms. The quantitative estimate of drug-likeness (QED) is 0.479. The summed E-state index contributed by atoms with van der Waals surface area (Å²) in [5, 5.41) is 8.08. The summed E-state index contributed by atoms with van der Waals surface area (Å²) in [7, 11) is 0. The largest absolute Gasteiger partial charge is 0.493 e. The molecule has 1 fully saturated rings. The van der Waals surface area contributed by atoms with Crippen molar-refractivity contribution in [3.05, 3.63) is 28.8 Å². The van der Waals surface area contributed by atoms with Crippen molar-refractivity contribution in [3.63, 3.8) is 0 Å². The highest BCUT2D eigenvalue weighted by atomic mass is 35.5. The zero-order chi connectivity index (χ0) is 13.7. The van der Waals surface area contributed by atoms with Gasteiger partial charge in [-0.25, -0.2) is 0 Å². The van der Waals surface area contributed by atoms with E-state index in [1.54, 1.807) is 18.2 Å². The Morgan fingerprint density at radius 1 is 1.53 bits per heavy atom. The van der Waals surface area contributed by atoms with Crippen LogP contribution in [0.3, 0.4) is 0 Å². The van der Waals surface area contributed by atoms with Crippen LogP contribution in [0.2, 0.25) is 5.02 Å². The number of rotatable bonds is 6. The van der Waals surface area contributed by atoms with Crippen molar-refractivity contribution in [3.8, 4) is 5.75 Å². The second-order valence-corrected chi connectivity index (χ2v) is 5.12. The van der Waals surface area contributed by atoms with Crippen LogP contribution >= 0.6 is 11.6 Å². The molecule has 4 nitrogen and oxygen atoms in total. The molecule has 1 aromatic rings. The standard InChI is InChI=1S/C14H19ClN2O2/c15-10-5-6-12(14(16)17)13(9-10)19-8-2-4-11-3-1-7-18-11/h5-6,9,11H,1-4,7-8H2,(H3,16,17). The molecule has 1 unspecified atom stereocenters. The lowest BCUT2D eigenvalue weighted by molar-refractivity contribution is 0.0981. The summed E-state index contributed by atoms with van der Waals surface area (Å²) in [5.74, 6) is 0.568. The molecular formula is C14H19ClN2O2. The fourth-order valence-corrected chi connectivity index (χ4v) is 2.37. The molecule has 0 bridgehead atoms. The molecule has 1 heterocycles. The van der Waals surface area contributed by atoms with Gasteiger partial charge in [0.1, 0.15) is 11.6 Å². The molecule has 1 aromatic carbocycles. The number of nitrogens with two attached hydrogens (primary N) is 1. The summed E-state index contributed by atoms with van der Waals surface area (Å²) < 4.78 is 11.2. The first kappa shape index (κ1) is 14.2. The first-order chi connectivity index (χ1) is 9.16. The lowest BCUT2D eigenvalue weighted by atomic mass is 10.1. The molecule has 19 heavy (non-hydrogen) atoms. The Bertz CT molecular complexity index is 445. The van der Waals surface area contributed by atoms with E-state index < -0.39 is 0 Å². The third-order valence-corrected chi connectivity index (χ3v) is 3.42. The lowest BCUT2D eigenvalue weighted by Gasteiger charge is -2.12. The Morgan fingerprint density at radius 2 is 2.37 bits per heavy atom. The van der Waals surface area contributed by atoms with Gasteiger partial charge in [-0.1, -0.05) is 11.6 Å². The van der Waals surface area contributed by atoms with E-state index >= 15 is 0 Å². The summed E-state index contributed by atoms with van der Waals surface area (Å²) >= 11 is 5.93. The number of nitrogen functional groups attached to an aromatic ring is 1. The fourth-order valence-electron chi connectivity index (χ4n) is 2.20. The Balaban J connectivity index is 1.84. The van der Waals surface area contributed by atoms with E-state index in [1.807, 2.05) is 0 Å². The molecule has 0 amide bonds. The first-order valence-electron chi connectivity index (χ1n) is 6.55. The zero-order valence-corrected chi connectivity index (χ0v) is 11.6. The summed E-state index contributed by atoms with van der Waals surface area (Å²) in [6.07, 6.45) is 4.63. The number of ether oxygens (including phenoxy) is 2. The van der Waals surface area contributed by atoms with Crippen LogP contribution in [0.4, 0.5) is 0 Å². The molecule has 0 aliphatic carbocycles. The smallest absolute Gasteiger partial charge is 0.131 e. The minimum Gasteiger partial charge on any atom is -0.493 e. The van der Waals surface area contributed by atoms with Crippen molar-refractivity contribution in [2.45, 2.75) is 31.8 Å². The van der Waals surface area contributed by atoms with Crippen molar-refractivity contribution < 1.29 is 9.47 Å². The summed E-state index contributed by atoms with van der Waals surface area (Å²) in [5.41, 5.74) is 6.09. The normalized spacial score (nSPS) is 18.5. The van der Waals surface area contributed by atoms with Crippen LogP contribution in [0.1, 0.15) is 31.2 Å². The maximum atomic E-state index is 7.50. The second-order valence-electron chi connectivity index (χ2n) is 4.68. The SMILES string of the molecule is N=C(N)c1ccc(Cl)cc1OCCCC1CCCO1. The van der Waals surface area contributed by atoms with Gasteiger partial charge in [0, 0.05) is 11.6 Å². The third-order valence-electron chi connectivity index (χ3n) is 3.19. The lowest BCUT2D eigenvalue weighted by Crippen LogP contribution is -2.14. The van der Waals surface area contributed by atoms with Crippen molar-refractivity contribution >= 4 is 17.4 Å². The number of amidine groups is 1. The van der Waals surface area contributed by atoms with Gasteiger partial charge in [-0.15, -0.1) is 0 Å². The Kier molecular flexibility index (Phi) is 5.05. The topological polar surface area (TPSA) is 68.3 Å². The van der Waals surface area contributed by atoms with Gasteiger partial charge < -0.3 is 15.2 Å². The molecule has 3 N–H and O–H groups in total. The minimum absolute atomic E-state index is 0.00853. The van der Waals surface area contributed by atoms with Crippen LogP contribution in [0.5, 0.6) is 5.75 Å². The van der Waals surface area contributed by atoms with E-state index in [9.17, 15) is 0 Å². The summed E-state index contributed by atoms with van der Waals surface area (Å²) in [6, 6.07) is 5.11. The van der Waals surface area contributed by atoms with Crippen LogP contribution in [0.25, 0.3) is 0 Å². The number of benzene rings is 1. The van der Waals surface area contributed by atoms with E-state index in [2.05, 4.69) is 0 Å². The predicted molar refractivity (Wildman–Crippen MR) is 76.2 cm³/mol. The monoisotopic (exact) mass is 282 g/mol. The Morgan fingerprint density at radius 3 is 3.05 bits per heavy atom. The molecule has 1 atom stereocenters. The van der Waals surface area contributed by atoms with Gasteiger partial charge in [-0.3, -0.25) is 5.41 Å². The van der Waals surface area contributed by atoms with Crippen LogP contribution in [-0.2, 0) is 4.74 Å². The highest BCUT2D eigenvalue weighted by Crippen LogP contribution is 2.24. The molecule has 104 valence electrons. The Hall–Kier alpha value is -1.26. The molecule has 0 aromatic heterocycles. The number of halogens is 1. The maximum absolute atomic E-state index is 7.50.